The maximum Gasteiger partial charge on any atom is 0.292 e. The first-order chi connectivity index (χ1) is 9.06. The summed E-state index contributed by atoms with van der Waals surface area (Å²) in [5.74, 6) is 0.0407. The number of nitro benzene ring substituents is 1. The van der Waals surface area contributed by atoms with Gasteiger partial charge in [0.25, 0.3) is 5.69 Å². The fraction of sp³-hybridized carbons (Fsp3) is 0.538. The smallest absolute Gasteiger partial charge is 0.292 e. The van der Waals surface area contributed by atoms with E-state index in [1.54, 1.807) is 0 Å². The molecule has 5 nitrogen and oxygen atoms in total. The summed E-state index contributed by atoms with van der Waals surface area (Å²) in [6.45, 7) is 1.22. The maximum absolute atomic E-state index is 13.3. The molecule has 3 rings (SSSR count). The number of benzene rings is 1. The summed E-state index contributed by atoms with van der Waals surface area (Å²) < 4.78 is 13.3. The van der Waals surface area contributed by atoms with Crippen molar-refractivity contribution in [3.05, 3.63) is 34.1 Å². The van der Waals surface area contributed by atoms with Crippen LogP contribution in [0.2, 0.25) is 0 Å². The van der Waals surface area contributed by atoms with Crippen LogP contribution in [0.1, 0.15) is 12.8 Å². The number of fused-ring (bicyclic) bond motifs is 1. The topological polar surface area (TPSA) is 66.6 Å². The van der Waals surface area contributed by atoms with Crippen LogP contribution >= 0.6 is 0 Å². The predicted molar refractivity (Wildman–Crippen MR) is 67.5 cm³/mol. The molecule has 2 aliphatic rings. The van der Waals surface area contributed by atoms with Gasteiger partial charge in [-0.3, -0.25) is 10.1 Å². The highest BCUT2D eigenvalue weighted by atomic mass is 19.1. The van der Waals surface area contributed by atoms with Crippen molar-refractivity contribution in [2.24, 2.45) is 11.8 Å². The standard InChI is InChI=1S/C13H15FN2O3/c14-9-2-3-11(16(18)19)12(5-9)15-6-8-1-4-13(17)10(8)7-15/h2-3,5,8,10,13,17H,1,4,6-7H2. The Morgan fingerprint density at radius 2 is 2.16 bits per heavy atom. The third kappa shape index (κ3) is 2.06. The van der Waals surface area contributed by atoms with Crippen molar-refractivity contribution in [1.82, 2.24) is 0 Å². The number of anilines is 1. The number of nitro groups is 1. The average Bonchev–Trinajstić information content (AvgIpc) is 2.91. The third-order valence-electron chi connectivity index (χ3n) is 4.29. The van der Waals surface area contributed by atoms with Gasteiger partial charge in [-0.15, -0.1) is 0 Å². The first-order valence-corrected chi connectivity index (χ1v) is 6.43. The van der Waals surface area contributed by atoms with Crippen LogP contribution in [-0.2, 0) is 0 Å². The zero-order valence-electron chi connectivity index (χ0n) is 10.3. The first-order valence-electron chi connectivity index (χ1n) is 6.43. The van der Waals surface area contributed by atoms with E-state index in [4.69, 9.17) is 0 Å². The van der Waals surface area contributed by atoms with Crippen molar-refractivity contribution in [3.63, 3.8) is 0 Å². The molecule has 0 bridgehead atoms. The van der Waals surface area contributed by atoms with Gasteiger partial charge in [0.05, 0.1) is 11.0 Å². The largest absolute Gasteiger partial charge is 0.393 e. The monoisotopic (exact) mass is 266 g/mol. The number of nitrogens with zero attached hydrogens (tertiary/aromatic N) is 2. The second-order valence-electron chi connectivity index (χ2n) is 5.36. The summed E-state index contributed by atoms with van der Waals surface area (Å²) in [7, 11) is 0. The quantitative estimate of drug-likeness (QED) is 0.656. The number of hydrogen-bond donors (Lipinski definition) is 1. The zero-order valence-corrected chi connectivity index (χ0v) is 10.3. The van der Waals surface area contributed by atoms with E-state index < -0.39 is 10.7 Å². The Bertz CT molecular complexity index is 523. The van der Waals surface area contributed by atoms with Crippen LogP contribution in [-0.4, -0.2) is 29.2 Å². The second kappa shape index (κ2) is 4.45. The molecule has 0 spiro atoms. The molecule has 102 valence electrons. The van der Waals surface area contributed by atoms with Crippen molar-refractivity contribution in [2.45, 2.75) is 18.9 Å². The normalized spacial score (nSPS) is 29.6. The third-order valence-corrected chi connectivity index (χ3v) is 4.29. The van der Waals surface area contributed by atoms with Crippen molar-refractivity contribution in [2.75, 3.05) is 18.0 Å². The van der Waals surface area contributed by atoms with Crippen molar-refractivity contribution >= 4 is 11.4 Å². The Hall–Kier alpha value is -1.69. The van der Waals surface area contributed by atoms with Gasteiger partial charge in [0, 0.05) is 31.1 Å². The minimum absolute atomic E-state index is 0.0733. The first kappa shape index (κ1) is 12.3. The average molecular weight is 266 g/mol. The van der Waals surface area contributed by atoms with Crippen LogP contribution in [0.4, 0.5) is 15.8 Å². The van der Waals surface area contributed by atoms with Gasteiger partial charge in [-0.25, -0.2) is 4.39 Å². The van der Waals surface area contributed by atoms with E-state index in [2.05, 4.69) is 0 Å². The summed E-state index contributed by atoms with van der Waals surface area (Å²) >= 11 is 0. The van der Waals surface area contributed by atoms with Gasteiger partial charge in [-0.1, -0.05) is 0 Å². The number of hydrogen-bond acceptors (Lipinski definition) is 4. The van der Waals surface area contributed by atoms with E-state index in [9.17, 15) is 19.6 Å². The lowest BCUT2D eigenvalue weighted by Gasteiger charge is -2.20. The molecule has 1 aromatic rings. The zero-order chi connectivity index (χ0) is 13.6. The predicted octanol–water partition coefficient (Wildman–Crippen LogP) is 1.94. The van der Waals surface area contributed by atoms with Crippen LogP contribution < -0.4 is 4.90 Å². The Morgan fingerprint density at radius 1 is 1.37 bits per heavy atom. The molecule has 0 radical (unpaired) electrons. The van der Waals surface area contributed by atoms with Crippen LogP contribution in [0, 0.1) is 27.8 Å². The summed E-state index contributed by atoms with van der Waals surface area (Å²) in [4.78, 5) is 12.4. The van der Waals surface area contributed by atoms with E-state index in [-0.39, 0.29) is 17.7 Å². The molecular weight excluding hydrogens is 251 g/mol. The van der Waals surface area contributed by atoms with Gasteiger partial charge in [0.2, 0.25) is 0 Å². The van der Waals surface area contributed by atoms with Crippen molar-refractivity contribution in [3.8, 4) is 0 Å². The molecule has 1 saturated carbocycles. The molecule has 6 heteroatoms. The number of rotatable bonds is 2. The summed E-state index contributed by atoms with van der Waals surface area (Å²) in [5, 5.41) is 20.9. The molecule has 1 aliphatic heterocycles. The van der Waals surface area contributed by atoms with Crippen LogP contribution in [0.15, 0.2) is 18.2 Å². The number of aliphatic hydroxyl groups is 1. The molecule has 1 aromatic carbocycles. The summed E-state index contributed by atoms with van der Waals surface area (Å²) in [6.07, 6.45) is 1.41. The molecule has 1 heterocycles. The van der Waals surface area contributed by atoms with Gasteiger partial charge >= 0.3 is 0 Å². The van der Waals surface area contributed by atoms with Crippen molar-refractivity contribution in [1.29, 1.82) is 0 Å². The van der Waals surface area contributed by atoms with E-state index in [1.807, 2.05) is 4.90 Å². The molecule has 3 unspecified atom stereocenters. The van der Waals surface area contributed by atoms with Crippen LogP contribution in [0.3, 0.4) is 0 Å². The lowest BCUT2D eigenvalue weighted by Crippen LogP contribution is -2.25. The molecule has 19 heavy (non-hydrogen) atoms. The highest BCUT2D eigenvalue weighted by molar-refractivity contribution is 5.64. The van der Waals surface area contributed by atoms with Crippen molar-refractivity contribution < 1.29 is 14.4 Å². The van der Waals surface area contributed by atoms with E-state index in [1.165, 1.54) is 12.1 Å². The van der Waals surface area contributed by atoms with Crippen LogP contribution in [0.5, 0.6) is 0 Å². The van der Waals surface area contributed by atoms with Crippen LogP contribution in [0.25, 0.3) is 0 Å². The highest BCUT2D eigenvalue weighted by Crippen LogP contribution is 2.42. The molecule has 2 fully saturated rings. The lowest BCUT2D eigenvalue weighted by atomic mass is 10.00. The number of halogens is 1. The lowest BCUT2D eigenvalue weighted by molar-refractivity contribution is -0.384. The molecule has 0 aromatic heterocycles. The molecular formula is C13H15FN2O3. The molecule has 1 N–H and O–H groups in total. The Labute approximate surface area is 109 Å². The van der Waals surface area contributed by atoms with Gasteiger partial charge in [-0.05, 0) is 24.8 Å². The minimum atomic E-state index is -0.487. The summed E-state index contributed by atoms with van der Waals surface area (Å²) in [5.41, 5.74) is 0.252. The molecule has 1 aliphatic carbocycles. The van der Waals surface area contributed by atoms with E-state index in [0.29, 0.717) is 24.7 Å². The Balaban J connectivity index is 1.91. The SMILES string of the molecule is O=[N+]([O-])c1ccc(F)cc1N1CC2CCC(O)C2C1. The number of aliphatic hydroxyl groups excluding tert-OH is 1. The minimum Gasteiger partial charge on any atom is -0.393 e. The molecule has 3 atom stereocenters. The Kier molecular flexibility index (Phi) is 2.89. The highest BCUT2D eigenvalue weighted by Gasteiger charge is 2.43. The maximum atomic E-state index is 13.3. The second-order valence-corrected chi connectivity index (χ2v) is 5.36. The molecule has 1 saturated heterocycles. The molecule has 0 amide bonds. The van der Waals surface area contributed by atoms with Gasteiger partial charge in [0.1, 0.15) is 11.5 Å². The van der Waals surface area contributed by atoms with Gasteiger partial charge in [-0.2, -0.15) is 0 Å². The summed E-state index contributed by atoms with van der Waals surface area (Å²) in [6, 6.07) is 3.52. The fourth-order valence-corrected chi connectivity index (χ4v) is 3.34. The van der Waals surface area contributed by atoms with Gasteiger partial charge in [0.15, 0.2) is 0 Å². The van der Waals surface area contributed by atoms with E-state index in [0.717, 1.165) is 18.9 Å². The van der Waals surface area contributed by atoms with Gasteiger partial charge < -0.3 is 10.0 Å². The fourth-order valence-electron chi connectivity index (χ4n) is 3.34. The Morgan fingerprint density at radius 3 is 2.84 bits per heavy atom. The van der Waals surface area contributed by atoms with E-state index >= 15 is 0 Å².